The van der Waals surface area contributed by atoms with Gasteiger partial charge in [0.15, 0.2) is 0 Å². The van der Waals surface area contributed by atoms with Crippen LogP contribution in [-0.4, -0.2) is 38.4 Å². The summed E-state index contributed by atoms with van der Waals surface area (Å²) in [6, 6.07) is 30.7. The molecule has 4 aromatic rings. The highest BCUT2D eigenvalue weighted by Gasteiger charge is 2.53. The number of hydrogen-bond acceptors (Lipinski definition) is 8. The standard InChI is InChI=1S/C43H40N2O6/c44-28-30-5-9-32(10-6-30)34-15-19-38(20-16-34)48-23-1-3-25-50-42(46)40-36-13-14-37(27-36)41(40)43(47)51-26-4-2-24-49-39-21-17-35(18-22-39)33-11-7-31(29-45)8-12-33/h5-22,36-37,40-41H,1-4,23-27H2/i13D,14D,27D2,36D,37D,40D,41D. The van der Waals surface area contributed by atoms with Crippen LogP contribution in [0.3, 0.4) is 0 Å². The van der Waals surface area contributed by atoms with Crippen molar-refractivity contribution >= 4 is 11.9 Å². The summed E-state index contributed by atoms with van der Waals surface area (Å²) in [6.07, 6.45) is -2.30. The first-order chi connectivity index (χ1) is 28.1. The third-order valence-corrected chi connectivity index (χ3v) is 8.21. The van der Waals surface area contributed by atoms with Gasteiger partial charge in [-0.25, -0.2) is 0 Å². The molecule has 8 heteroatoms. The number of carbonyl (C=O) groups excluding carboxylic acids is 2. The van der Waals surface area contributed by atoms with Gasteiger partial charge in [0.25, 0.3) is 0 Å². The highest BCUT2D eigenvalue weighted by Crippen LogP contribution is 2.49. The molecule has 0 amide bonds. The molecule has 0 saturated heterocycles. The summed E-state index contributed by atoms with van der Waals surface area (Å²) in [7, 11) is 0. The second-order valence-electron chi connectivity index (χ2n) is 11.7. The van der Waals surface area contributed by atoms with Gasteiger partial charge in [0.05, 0.1) is 64.2 Å². The average Bonchev–Trinajstić information content (AvgIpc) is 3.42. The van der Waals surface area contributed by atoms with Crippen LogP contribution in [0.25, 0.3) is 22.3 Å². The molecular formula is C43H40N2O6. The molecule has 8 nitrogen and oxygen atoms in total. The van der Waals surface area contributed by atoms with Gasteiger partial charge in [-0.1, -0.05) is 60.6 Å². The average molecular weight is 689 g/mol. The summed E-state index contributed by atoms with van der Waals surface area (Å²) in [4.78, 5) is 27.5. The lowest BCUT2D eigenvalue weighted by atomic mass is 9.83. The number of carbonyl (C=O) groups is 2. The van der Waals surface area contributed by atoms with Crippen LogP contribution in [-0.2, 0) is 19.1 Å². The molecule has 1 fully saturated rings. The number of benzene rings is 4. The predicted molar refractivity (Wildman–Crippen MR) is 192 cm³/mol. The van der Waals surface area contributed by atoms with E-state index in [-0.39, 0.29) is 39.3 Å². The first-order valence-corrected chi connectivity index (χ1v) is 16.6. The first-order valence-electron chi connectivity index (χ1n) is 20.6. The lowest BCUT2D eigenvalue weighted by molar-refractivity contribution is -0.161. The van der Waals surface area contributed by atoms with E-state index in [1.54, 1.807) is 48.5 Å². The van der Waals surface area contributed by atoms with Crippen molar-refractivity contribution in [2.45, 2.75) is 32.1 Å². The topological polar surface area (TPSA) is 119 Å². The van der Waals surface area contributed by atoms with Gasteiger partial charge in [0.2, 0.25) is 0 Å². The van der Waals surface area contributed by atoms with Crippen LogP contribution in [0.1, 0.15) is 54.1 Å². The van der Waals surface area contributed by atoms with Crippen LogP contribution >= 0.6 is 0 Å². The molecule has 2 aliphatic rings. The highest BCUT2D eigenvalue weighted by atomic mass is 16.5. The number of rotatable bonds is 16. The number of nitrogens with zero attached hydrogens (tertiary/aromatic N) is 2. The zero-order valence-corrected chi connectivity index (χ0v) is 27.7. The van der Waals surface area contributed by atoms with Gasteiger partial charge >= 0.3 is 11.9 Å². The van der Waals surface area contributed by atoms with Crippen molar-refractivity contribution in [1.82, 2.24) is 0 Å². The zero-order valence-electron chi connectivity index (χ0n) is 35.7. The smallest absolute Gasteiger partial charge is 0.310 e. The lowest BCUT2D eigenvalue weighted by Crippen LogP contribution is -2.35. The number of hydrogen-bond donors (Lipinski definition) is 0. The van der Waals surface area contributed by atoms with Gasteiger partial charge in [-0.05, 0) is 115 Å². The van der Waals surface area contributed by atoms with E-state index in [2.05, 4.69) is 12.1 Å². The van der Waals surface area contributed by atoms with E-state index in [4.69, 9.17) is 37.7 Å². The number of unbranched alkanes of at least 4 members (excludes halogenated alkanes) is 2. The van der Waals surface area contributed by atoms with E-state index in [9.17, 15) is 12.3 Å². The fraction of sp³-hybridized carbons (Fsp3) is 0.302. The Labute approximate surface area is 310 Å². The minimum absolute atomic E-state index is 0.182. The van der Waals surface area contributed by atoms with E-state index in [0.29, 0.717) is 35.5 Å². The van der Waals surface area contributed by atoms with Crippen molar-refractivity contribution in [1.29, 1.82) is 10.5 Å². The van der Waals surface area contributed by atoms with Crippen LogP contribution in [0.15, 0.2) is 109 Å². The van der Waals surface area contributed by atoms with Crippen molar-refractivity contribution in [2.24, 2.45) is 23.6 Å². The van der Waals surface area contributed by atoms with Crippen molar-refractivity contribution in [3.05, 3.63) is 120 Å². The van der Waals surface area contributed by atoms with Gasteiger partial charge in [-0.15, -0.1) is 0 Å². The SMILES string of the molecule is [2H]C1=C([2H])C2([2H])C([2H])([2H])C1([2H])C([2H])(C(=O)OCCCCOc1ccc(-c3ccc(C#N)cc3)cc1)C2([2H])C(=O)OCCCCOc1ccc(-c2ccc(C#N)cc2)cc1. The molecule has 0 heterocycles. The van der Waals surface area contributed by atoms with Crippen LogP contribution in [0.4, 0.5) is 0 Å². The number of esters is 2. The third kappa shape index (κ3) is 9.04. The molecule has 51 heavy (non-hydrogen) atoms. The molecule has 2 aliphatic carbocycles. The lowest BCUT2D eigenvalue weighted by Gasteiger charge is -2.25. The van der Waals surface area contributed by atoms with Crippen molar-refractivity contribution in [2.75, 3.05) is 26.4 Å². The molecule has 0 N–H and O–H groups in total. The summed E-state index contributed by atoms with van der Waals surface area (Å²) in [5.74, 6) is -15.7. The minimum Gasteiger partial charge on any atom is -0.494 e. The monoisotopic (exact) mass is 688 g/mol. The molecule has 4 unspecified atom stereocenters. The molecule has 1 saturated carbocycles. The van der Waals surface area contributed by atoms with Crippen LogP contribution in [0, 0.1) is 46.2 Å². The Hall–Kier alpha value is -5.86. The normalized spacial score (nSPS) is 27.8. The zero-order chi connectivity index (χ0) is 42.6. The second kappa shape index (κ2) is 17.2. The molecular weight excluding hydrogens is 640 g/mol. The molecule has 4 aromatic carbocycles. The Balaban J connectivity index is 1.02. The summed E-state index contributed by atoms with van der Waals surface area (Å²) in [5, 5.41) is 18.0. The molecule has 2 bridgehead atoms. The number of nitriles is 2. The van der Waals surface area contributed by atoms with Gasteiger partial charge in [-0.3, -0.25) is 9.59 Å². The number of fused-ring (bicyclic) bond motifs is 2. The van der Waals surface area contributed by atoms with E-state index in [1.807, 2.05) is 48.5 Å². The molecule has 0 spiro atoms. The molecule has 4 atom stereocenters. The summed E-state index contributed by atoms with van der Waals surface area (Å²) >= 11 is 0. The number of allylic oxidation sites excluding steroid dienone is 2. The molecule has 0 aliphatic heterocycles. The minimum atomic E-state index is -3.48. The highest BCUT2D eigenvalue weighted by molar-refractivity contribution is 5.84. The van der Waals surface area contributed by atoms with E-state index < -0.39 is 54.0 Å². The van der Waals surface area contributed by atoms with E-state index >= 15 is 0 Å². The van der Waals surface area contributed by atoms with Gasteiger partial charge < -0.3 is 18.9 Å². The third-order valence-electron chi connectivity index (χ3n) is 8.21. The predicted octanol–water partition coefficient (Wildman–Crippen LogP) is 8.31. The Kier molecular flexibility index (Phi) is 8.77. The maximum absolute atomic E-state index is 13.7. The van der Waals surface area contributed by atoms with Crippen LogP contribution in [0.2, 0.25) is 0 Å². The van der Waals surface area contributed by atoms with E-state index in [1.165, 1.54) is 0 Å². The second-order valence-corrected chi connectivity index (χ2v) is 11.7. The maximum atomic E-state index is 13.7. The maximum Gasteiger partial charge on any atom is 0.310 e. The molecule has 258 valence electrons. The number of ether oxygens (including phenoxy) is 4. The summed E-state index contributed by atoms with van der Waals surface area (Å²) < 4.78 is 92.6. The Morgan fingerprint density at radius 3 is 1.27 bits per heavy atom. The van der Waals surface area contributed by atoms with Crippen molar-refractivity contribution in [3.8, 4) is 45.9 Å². The summed E-state index contributed by atoms with van der Waals surface area (Å²) in [6.45, 7) is -0.320. The molecule has 0 aromatic heterocycles. The van der Waals surface area contributed by atoms with Gasteiger partial charge in [0.1, 0.15) is 11.5 Å². The van der Waals surface area contributed by atoms with Crippen LogP contribution < -0.4 is 9.47 Å². The van der Waals surface area contributed by atoms with Crippen molar-refractivity contribution < 1.29 is 39.5 Å². The van der Waals surface area contributed by atoms with Crippen LogP contribution in [0.5, 0.6) is 11.5 Å². The molecule has 6 rings (SSSR count). The fourth-order valence-electron chi connectivity index (χ4n) is 5.44. The fourth-order valence-corrected chi connectivity index (χ4v) is 5.44. The Bertz CT molecular complexity index is 2150. The Morgan fingerprint density at radius 1 is 0.588 bits per heavy atom. The first kappa shape index (κ1) is 26.0. The van der Waals surface area contributed by atoms with Crippen molar-refractivity contribution in [3.63, 3.8) is 0 Å². The quantitative estimate of drug-likeness (QED) is 0.0655. The van der Waals surface area contributed by atoms with Gasteiger partial charge in [-0.2, -0.15) is 10.5 Å². The summed E-state index contributed by atoms with van der Waals surface area (Å²) in [5.41, 5.74) is 4.82. The van der Waals surface area contributed by atoms with Gasteiger partial charge in [0, 0.05) is 8.22 Å². The Morgan fingerprint density at radius 2 is 0.922 bits per heavy atom. The van der Waals surface area contributed by atoms with E-state index in [0.717, 1.165) is 22.3 Å². The molecule has 0 radical (unpaired) electrons. The largest absolute Gasteiger partial charge is 0.494 e.